The van der Waals surface area contributed by atoms with E-state index in [-0.39, 0.29) is 36.5 Å². The summed E-state index contributed by atoms with van der Waals surface area (Å²) >= 11 is 25.7. The average Bonchev–Trinajstić information content (AvgIpc) is 3.89. The van der Waals surface area contributed by atoms with Crippen LogP contribution in [0.2, 0.25) is 20.1 Å². The Hall–Kier alpha value is -2.94. The van der Waals surface area contributed by atoms with Gasteiger partial charge in [-0.15, -0.1) is 0 Å². The van der Waals surface area contributed by atoms with E-state index < -0.39 is 0 Å². The SMILES string of the molecule is CC(=O)N1C[C@H]2CC(c3ccc(OCCOc4c(Cl)cc(C)c(C)c4Cl)cc3)=C(C(=O)N(Cc3cccc(Cl)c3Cl)C3CC3)[C@@H](C1)N2. The summed E-state index contributed by atoms with van der Waals surface area (Å²) < 4.78 is 11.8. The zero-order valence-corrected chi connectivity index (χ0v) is 29.6. The number of halogens is 4. The van der Waals surface area contributed by atoms with Gasteiger partial charge < -0.3 is 24.6 Å². The van der Waals surface area contributed by atoms with Crippen molar-refractivity contribution in [2.45, 2.75) is 64.7 Å². The highest BCUT2D eigenvalue weighted by molar-refractivity contribution is 6.42. The van der Waals surface area contributed by atoms with Crippen molar-refractivity contribution >= 4 is 63.8 Å². The third-order valence-electron chi connectivity index (χ3n) is 9.18. The van der Waals surface area contributed by atoms with E-state index in [0.29, 0.717) is 69.8 Å². The number of benzene rings is 3. The lowest BCUT2D eigenvalue weighted by atomic mass is 9.82. The summed E-state index contributed by atoms with van der Waals surface area (Å²) in [5.41, 5.74) is 5.38. The van der Waals surface area contributed by atoms with E-state index in [9.17, 15) is 9.59 Å². The molecule has 3 aromatic rings. The second kappa shape index (κ2) is 14.3. The Kier molecular flexibility index (Phi) is 10.3. The van der Waals surface area contributed by atoms with Crippen LogP contribution < -0.4 is 14.8 Å². The Morgan fingerprint density at radius 2 is 1.66 bits per heavy atom. The van der Waals surface area contributed by atoms with Crippen LogP contribution in [0.1, 0.15) is 48.4 Å². The first-order chi connectivity index (χ1) is 22.5. The van der Waals surface area contributed by atoms with Crippen LogP contribution in [0.15, 0.2) is 54.1 Å². The molecule has 248 valence electrons. The summed E-state index contributed by atoms with van der Waals surface area (Å²) in [5, 5.41) is 5.54. The number of hydrogen-bond acceptors (Lipinski definition) is 5. The van der Waals surface area contributed by atoms with E-state index in [4.69, 9.17) is 55.9 Å². The van der Waals surface area contributed by atoms with Gasteiger partial charge in [-0.25, -0.2) is 0 Å². The van der Waals surface area contributed by atoms with Gasteiger partial charge in [-0.05, 0) is 85.2 Å². The molecule has 2 atom stereocenters. The van der Waals surface area contributed by atoms with Crippen molar-refractivity contribution in [2.75, 3.05) is 26.3 Å². The zero-order valence-electron chi connectivity index (χ0n) is 26.5. The van der Waals surface area contributed by atoms with Crippen molar-refractivity contribution in [2.24, 2.45) is 0 Å². The lowest BCUT2D eigenvalue weighted by Crippen LogP contribution is -2.61. The highest BCUT2D eigenvalue weighted by atomic mass is 35.5. The van der Waals surface area contributed by atoms with Crippen LogP contribution in [0.3, 0.4) is 0 Å². The largest absolute Gasteiger partial charge is 0.490 e. The molecule has 2 amide bonds. The first-order valence-electron chi connectivity index (χ1n) is 15.8. The van der Waals surface area contributed by atoms with E-state index in [1.807, 2.05) is 66.1 Å². The fourth-order valence-electron chi connectivity index (χ4n) is 6.39. The molecule has 7 nitrogen and oxygen atoms in total. The number of hydrogen-bond donors (Lipinski definition) is 1. The number of carbonyl (C=O) groups excluding carboxylic acids is 2. The van der Waals surface area contributed by atoms with Gasteiger partial charge in [-0.2, -0.15) is 0 Å². The molecule has 2 bridgehead atoms. The summed E-state index contributed by atoms with van der Waals surface area (Å²) in [4.78, 5) is 30.8. The Morgan fingerprint density at radius 3 is 2.36 bits per heavy atom. The molecule has 2 heterocycles. The topological polar surface area (TPSA) is 71.1 Å². The number of nitrogens with zero attached hydrogens (tertiary/aromatic N) is 2. The van der Waals surface area contributed by atoms with Crippen LogP contribution in [0.5, 0.6) is 11.5 Å². The van der Waals surface area contributed by atoms with Crippen LogP contribution in [-0.4, -0.2) is 66.0 Å². The van der Waals surface area contributed by atoms with E-state index in [2.05, 4.69) is 5.32 Å². The van der Waals surface area contributed by atoms with Gasteiger partial charge in [-0.1, -0.05) is 70.7 Å². The van der Waals surface area contributed by atoms with Crippen LogP contribution >= 0.6 is 46.4 Å². The highest BCUT2D eigenvalue weighted by Crippen LogP contribution is 2.39. The Morgan fingerprint density at radius 1 is 0.936 bits per heavy atom. The number of ether oxygens (including phenoxy) is 2. The molecule has 0 radical (unpaired) electrons. The van der Waals surface area contributed by atoms with Crippen molar-refractivity contribution in [3.05, 3.63) is 96.4 Å². The number of fused-ring (bicyclic) bond motifs is 2. The maximum absolute atomic E-state index is 14.6. The molecule has 2 fully saturated rings. The van der Waals surface area contributed by atoms with E-state index in [1.165, 1.54) is 0 Å². The molecule has 11 heteroatoms. The molecule has 0 spiro atoms. The van der Waals surface area contributed by atoms with Crippen LogP contribution in [0.4, 0.5) is 0 Å². The maximum atomic E-state index is 14.6. The molecule has 47 heavy (non-hydrogen) atoms. The van der Waals surface area contributed by atoms with Crippen molar-refractivity contribution in [1.82, 2.24) is 15.1 Å². The smallest absolute Gasteiger partial charge is 0.252 e. The molecular weight excluding hydrogens is 680 g/mol. The molecule has 2 aliphatic heterocycles. The Bertz CT molecular complexity index is 1720. The molecule has 6 rings (SSSR count). The predicted octanol–water partition coefficient (Wildman–Crippen LogP) is 7.91. The summed E-state index contributed by atoms with van der Waals surface area (Å²) in [5.74, 6) is 1.10. The third-order valence-corrected chi connectivity index (χ3v) is 10.8. The molecule has 1 saturated heterocycles. The van der Waals surface area contributed by atoms with Gasteiger partial charge in [-0.3, -0.25) is 9.59 Å². The lowest BCUT2D eigenvalue weighted by Gasteiger charge is -2.44. The van der Waals surface area contributed by atoms with Gasteiger partial charge in [0, 0.05) is 44.2 Å². The molecule has 1 aliphatic carbocycles. The minimum atomic E-state index is -0.290. The third kappa shape index (κ3) is 7.40. The molecule has 3 aliphatic rings. The van der Waals surface area contributed by atoms with E-state index in [0.717, 1.165) is 40.7 Å². The van der Waals surface area contributed by atoms with Gasteiger partial charge in [0.05, 0.1) is 26.1 Å². The molecule has 0 unspecified atom stereocenters. The zero-order chi connectivity index (χ0) is 33.4. The Labute approximate surface area is 295 Å². The fourth-order valence-corrected chi connectivity index (χ4v) is 7.43. The van der Waals surface area contributed by atoms with Gasteiger partial charge in [0.15, 0.2) is 5.75 Å². The monoisotopic (exact) mass is 715 g/mol. The van der Waals surface area contributed by atoms with E-state index in [1.54, 1.807) is 13.0 Å². The van der Waals surface area contributed by atoms with Crippen molar-refractivity contribution in [1.29, 1.82) is 0 Å². The Balaban J connectivity index is 1.23. The highest BCUT2D eigenvalue weighted by Gasteiger charge is 2.43. The van der Waals surface area contributed by atoms with Gasteiger partial charge in [0.1, 0.15) is 19.0 Å². The molecule has 1 saturated carbocycles. The fraction of sp³-hybridized carbons (Fsp3) is 0.389. The number of nitrogens with one attached hydrogen (secondary N) is 1. The number of aryl methyl sites for hydroxylation is 1. The lowest BCUT2D eigenvalue weighted by molar-refractivity contribution is -0.132. The van der Waals surface area contributed by atoms with Crippen molar-refractivity contribution < 1.29 is 19.1 Å². The summed E-state index contributed by atoms with van der Waals surface area (Å²) in [6.07, 6.45) is 2.48. The van der Waals surface area contributed by atoms with Crippen molar-refractivity contribution in [3.63, 3.8) is 0 Å². The minimum Gasteiger partial charge on any atom is -0.490 e. The normalized spacial score (nSPS) is 19.1. The number of rotatable bonds is 10. The maximum Gasteiger partial charge on any atom is 0.252 e. The number of piperazine rings is 1. The quantitative estimate of drug-likeness (QED) is 0.216. The van der Waals surface area contributed by atoms with Crippen LogP contribution in [0, 0.1) is 13.8 Å². The first-order valence-corrected chi connectivity index (χ1v) is 17.3. The molecule has 0 aromatic heterocycles. The second-order valence-corrected chi connectivity index (χ2v) is 14.0. The summed E-state index contributed by atoms with van der Waals surface area (Å²) in [7, 11) is 0. The van der Waals surface area contributed by atoms with E-state index >= 15 is 0 Å². The number of carbonyl (C=O) groups is 2. The van der Waals surface area contributed by atoms with Crippen LogP contribution in [0.25, 0.3) is 5.57 Å². The predicted molar refractivity (Wildman–Crippen MR) is 188 cm³/mol. The molecule has 1 N–H and O–H groups in total. The molecule has 3 aromatic carbocycles. The summed E-state index contributed by atoms with van der Waals surface area (Å²) in [6, 6.07) is 15.0. The van der Waals surface area contributed by atoms with Crippen molar-refractivity contribution in [3.8, 4) is 11.5 Å². The molecular formula is C36H37Cl4N3O4. The summed E-state index contributed by atoms with van der Waals surface area (Å²) in [6.45, 7) is 7.42. The second-order valence-electron chi connectivity index (χ2n) is 12.5. The standard InChI is InChI=1S/C36H37Cl4N3O4/c1-20-15-30(38)35(33(39)21(20)2)47-14-13-46-27-11-7-23(8-12-27)28-16-25-18-42(22(3)44)19-31(41-25)32(28)36(45)43(26-9-10-26)17-24-5-4-6-29(37)34(24)40/h4-8,11-12,15,25-26,31,41H,9-10,13-14,16-19H2,1-3H3/t25-,31-/m1/s1. The average molecular weight is 718 g/mol. The van der Waals surface area contributed by atoms with Gasteiger partial charge in [0.2, 0.25) is 5.91 Å². The van der Waals surface area contributed by atoms with Crippen LogP contribution in [-0.2, 0) is 16.1 Å². The number of amides is 2. The van der Waals surface area contributed by atoms with Gasteiger partial charge >= 0.3 is 0 Å². The van der Waals surface area contributed by atoms with Gasteiger partial charge in [0.25, 0.3) is 5.91 Å². The first kappa shape index (κ1) is 33.9. The minimum absolute atomic E-state index is 0.00837.